The lowest BCUT2D eigenvalue weighted by Crippen LogP contribution is -2.13. The van der Waals surface area contributed by atoms with Crippen LogP contribution in [-0.4, -0.2) is 32.6 Å². The molecule has 0 aliphatic heterocycles. The van der Waals surface area contributed by atoms with Gasteiger partial charge < -0.3 is 14.5 Å². The molecule has 0 aliphatic carbocycles. The predicted octanol–water partition coefficient (Wildman–Crippen LogP) is 5.52. The molecule has 0 unspecified atom stereocenters. The largest absolute Gasteiger partial charge is 0.497 e. The number of nitrogens with one attached hydrogen (secondary N) is 1. The lowest BCUT2D eigenvalue weighted by Gasteiger charge is -2.08. The molecule has 4 rings (SSSR count). The van der Waals surface area contributed by atoms with E-state index in [1.807, 2.05) is 31.2 Å². The third-order valence-corrected chi connectivity index (χ3v) is 5.55. The lowest BCUT2D eigenvalue weighted by atomic mass is 10.2. The van der Waals surface area contributed by atoms with E-state index in [0.717, 1.165) is 16.0 Å². The number of amides is 1. The van der Waals surface area contributed by atoms with Crippen molar-refractivity contribution >= 4 is 11.6 Å². The Labute approximate surface area is 203 Å². The predicted molar refractivity (Wildman–Crippen MR) is 122 cm³/mol. The molecule has 0 saturated heterocycles. The average Bonchev–Trinajstić information content (AvgIpc) is 3.55. The lowest BCUT2D eigenvalue weighted by molar-refractivity contribution is 0.0993. The Hall–Kier alpha value is -4.09. The number of halogens is 4. The molecular weight excluding hydrogens is 482 g/mol. The topological polar surface area (TPSA) is 87.1 Å². The fourth-order valence-electron chi connectivity index (χ4n) is 3.74. The number of anilines is 1. The monoisotopic (exact) mass is 505 g/mol. The van der Waals surface area contributed by atoms with Gasteiger partial charge >= 0.3 is 0 Å². The first-order valence-electron chi connectivity index (χ1n) is 10.9. The van der Waals surface area contributed by atoms with Gasteiger partial charge in [0.2, 0.25) is 0 Å². The van der Waals surface area contributed by atoms with Crippen LogP contribution in [0.2, 0.25) is 0 Å². The highest BCUT2D eigenvalue weighted by Crippen LogP contribution is 2.27. The second-order valence-corrected chi connectivity index (χ2v) is 8.03. The summed E-state index contributed by atoms with van der Waals surface area (Å²) >= 11 is 0. The molecule has 0 spiro atoms. The molecule has 8 nitrogen and oxygen atoms in total. The maximum atomic E-state index is 13.2. The summed E-state index contributed by atoms with van der Waals surface area (Å²) in [5.41, 5.74) is 1.36. The molecule has 0 radical (unpaired) electrons. The van der Waals surface area contributed by atoms with Crippen molar-refractivity contribution in [2.75, 3.05) is 12.4 Å². The van der Waals surface area contributed by atoms with Crippen molar-refractivity contribution in [2.45, 2.75) is 39.8 Å². The quantitative estimate of drug-likeness (QED) is 0.303. The van der Waals surface area contributed by atoms with Gasteiger partial charge in [0.15, 0.2) is 5.76 Å². The van der Waals surface area contributed by atoms with Crippen LogP contribution >= 0.6 is 0 Å². The average molecular weight is 505 g/mol. The summed E-state index contributed by atoms with van der Waals surface area (Å²) in [5, 5.41) is 10.8. The van der Waals surface area contributed by atoms with Gasteiger partial charge in [-0.15, -0.1) is 0 Å². The molecule has 0 fully saturated rings. The van der Waals surface area contributed by atoms with E-state index in [2.05, 4.69) is 15.5 Å². The van der Waals surface area contributed by atoms with E-state index in [4.69, 9.17) is 9.15 Å². The van der Waals surface area contributed by atoms with Crippen LogP contribution in [0.15, 0.2) is 46.9 Å². The van der Waals surface area contributed by atoms with Crippen molar-refractivity contribution in [2.24, 2.45) is 0 Å². The summed E-state index contributed by atoms with van der Waals surface area (Å²) in [6.07, 6.45) is -5.99. The number of rotatable bonds is 9. The maximum Gasteiger partial charge on any atom is 0.291 e. The molecule has 0 aliphatic rings. The van der Waals surface area contributed by atoms with E-state index in [9.17, 15) is 22.4 Å². The summed E-state index contributed by atoms with van der Waals surface area (Å²) < 4.78 is 65.5. The minimum absolute atomic E-state index is 0.0795. The zero-order chi connectivity index (χ0) is 26.0. The van der Waals surface area contributed by atoms with Crippen molar-refractivity contribution in [1.29, 1.82) is 0 Å². The van der Waals surface area contributed by atoms with Gasteiger partial charge in [-0.2, -0.15) is 10.2 Å². The van der Waals surface area contributed by atoms with E-state index in [1.165, 1.54) is 12.1 Å². The molecule has 0 bridgehead atoms. The van der Waals surface area contributed by atoms with Gasteiger partial charge in [0.05, 0.1) is 37.3 Å². The molecule has 0 atom stereocenters. The first-order chi connectivity index (χ1) is 17.2. The van der Waals surface area contributed by atoms with Crippen LogP contribution in [0.3, 0.4) is 0 Å². The van der Waals surface area contributed by atoms with Crippen molar-refractivity contribution in [1.82, 2.24) is 19.6 Å². The highest BCUT2D eigenvalue weighted by molar-refractivity contribution is 6.02. The zero-order valence-corrected chi connectivity index (χ0v) is 19.6. The number of alkyl halides is 4. The van der Waals surface area contributed by atoms with E-state index in [0.29, 0.717) is 29.7 Å². The molecule has 190 valence electrons. The summed E-state index contributed by atoms with van der Waals surface area (Å²) in [4.78, 5) is 12.8. The van der Waals surface area contributed by atoms with Crippen LogP contribution in [0.1, 0.15) is 57.5 Å². The third kappa shape index (κ3) is 5.26. The first-order valence-corrected chi connectivity index (χ1v) is 10.9. The summed E-state index contributed by atoms with van der Waals surface area (Å²) in [6.45, 7) is 3.69. The molecule has 1 N–H and O–H groups in total. The normalized spacial score (nSPS) is 11.5. The van der Waals surface area contributed by atoms with Gasteiger partial charge in [0.25, 0.3) is 18.8 Å². The Kier molecular flexibility index (Phi) is 7.13. The van der Waals surface area contributed by atoms with Gasteiger partial charge in [-0.1, -0.05) is 12.1 Å². The van der Waals surface area contributed by atoms with Gasteiger partial charge in [-0.3, -0.25) is 14.2 Å². The molecular formula is C24H23F4N5O3. The minimum atomic E-state index is -3.00. The van der Waals surface area contributed by atoms with E-state index in [-0.39, 0.29) is 18.1 Å². The Morgan fingerprint density at radius 1 is 1.03 bits per heavy atom. The van der Waals surface area contributed by atoms with Gasteiger partial charge in [0, 0.05) is 0 Å². The second kappa shape index (κ2) is 10.3. The summed E-state index contributed by atoms with van der Waals surface area (Å²) in [5.74, 6) is 0.172. The van der Waals surface area contributed by atoms with Crippen LogP contribution in [0.4, 0.5) is 23.2 Å². The zero-order valence-electron chi connectivity index (χ0n) is 19.6. The maximum absolute atomic E-state index is 13.2. The number of aromatic nitrogens is 4. The van der Waals surface area contributed by atoms with Gasteiger partial charge in [0.1, 0.15) is 22.9 Å². The number of carbonyl (C=O) groups is 1. The van der Waals surface area contributed by atoms with Crippen LogP contribution in [0.5, 0.6) is 5.75 Å². The molecule has 3 heterocycles. The molecule has 1 amide bonds. The standard InChI is InChI=1S/C24H23F4N5O3/c1-13-21(14(2)32(30-13)11-15-5-4-6-16(9-15)35-3)29-24(34)20-8-7-17(36-20)12-33-19(23(27)28)10-18(31-33)22(25)26/h4-10,22-23H,11-12H2,1-3H3,(H,29,34). The molecule has 3 aromatic heterocycles. The molecule has 4 aromatic rings. The smallest absolute Gasteiger partial charge is 0.291 e. The molecule has 36 heavy (non-hydrogen) atoms. The number of benzene rings is 1. The van der Waals surface area contributed by atoms with Crippen molar-refractivity contribution < 1.29 is 31.5 Å². The fraction of sp³-hybridized carbons (Fsp3) is 0.292. The number of ether oxygens (including phenoxy) is 1. The number of furan rings is 1. The number of aryl methyl sites for hydroxylation is 1. The molecule has 12 heteroatoms. The fourth-order valence-corrected chi connectivity index (χ4v) is 3.74. The van der Waals surface area contributed by atoms with E-state index < -0.39 is 30.1 Å². The van der Waals surface area contributed by atoms with Crippen LogP contribution in [-0.2, 0) is 13.1 Å². The first kappa shape index (κ1) is 25.0. The molecule has 0 saturated carbocycles. The number of nitrogens with zero attached hydrogens (tertiary/aromatic N) is 4. The van der Waals surface area contributed by atoms with Crippen molar-refractivity contribution in [3.63, 3.8) is 0 Å². The number of hydrogen-bond donors (Lipinski definition) is 1. The highest BCUT2D eigenvalue weighted by Gasteiger charge is 2.23. The Morgan fingerprint density at radius 2 is 1.81 bits per heavy atom. The highest BCUT2D eigenvalue weighted by atomic mass is 19.3. The van der Waals surface area contributed by atoms with Crippen molar-refractivity contribution in [3.05, 3.63) is 82.3 Å². The number of carbonyl (C=O) groups excluding carboxylic acids is 1. The van der Waals surface area contributed by atoms with Crippen LogP contribution in [0, 0.1) is 13.8 Å². The Morgan fingerprint density at radius 3 is 2.50 bits per heavy atom. The number of hydrogen-bond acceptors (Lipinski definition) is 5. The second-order valence-electron chi connectivity index (χ2n) is 8.03. The summed E-state index contributed by atoms with van der Waals surface area (Å²) in [6, 6.07) is 11.0. The minimum Gasteiger partial charge on any atom is -0.497 e. The van der Waals surface area contributed by atoms with E-state index in [1.54, 1.807) is 18.7 Å². The Bertz CT molecular complexity index is 1380. The Balaban J connectivity index is 1.48. The van der Waals surface area contributed by atoms with Crippen LogP contribution < -0.4 is 10.1 Å². The number of methoxy groups -OCH3 is 1. The SMILES string of the molecule is COc1cccc(Cn2nc(C)c(NC(=O)c3ccc(Cn4nc(C(F)F)cc4C(F)F)o3)c2C)c1. The van der Waals surface area contributed by atoms with Crippen molar-refractivity contribution in [3.8, 4) is 5.75 Å². The van der Waals surface area contributed by atoms with Gasteiger partial charge in [-0.05, 0) is 49.7 Å². The van der Waals surface area contributed by atoms with Gasteiger partial charge in [-0.25, -0.2) is 17.6 Å². The summed E-state index contributed by atoms with van der Waals surface area (Å²) in [7, 11) is 1.59. The van der Waals surface area contributed by atoms with Crippen LogP contribution in [0.25, 0.3) is 0 Å². The van der Waals surface area contributed by atoms with E-state index >= 15 is 0 Å². The molecule has 1 aromatic carbocycles. The third-order valence-electron chi connectivity index (χ3n) is 5.55.